The molecular weight excluding hydrogens is 232 g/mol. The van der Waals surface area contributed by atoms with Crippen LogP contribution >= 0.6 is 11.8 Å². The Kier molecular flexibility index (Phi) is 5.47. The SMILES string of the molecule is C=C(CSCC[Si](C)(C)C)S(C)(=O)=O. The van der Waals surface area contributed by atoms with Crippen molar-refractivity contribution in [3.05, 3.63) is 11.5 Å². The van der Waals surface area contributed by atoms with Gasteiger partial charge in [0.05, 0.1) is 0 Å². The van der Waals surface area contributed by atoms with Crippen molar-refractivity contribution in [2.75, 3.05) is 17.8 Å². The molecule has 0 rings (SSSR count). The summed E-state index contributed by atoms with van der Waals surface area (Å²) in [7, 11) is -4.00. The summed E-state index contributed by atoms with van der Waals surface area (Å²) < 4.78 is 22.0. The van der Waals surface area contributed by atoms with Crippen molar-refractivity contribution >= 4 is 29.7 Å². The van der Waals surface area contributed by atoms with Crippen LogP contribution < -0.4 is 0 Å². The third-order valence-electron chi connectivity index (χ3n) is 1.78. The minimum Gasteiger partial charge on any atom is -0.224 e. The normalized spacial score (nSPS) is 12.9. The number of hydrogen-bond acceptors (Lipinski definition) is 3. The molecule has 0 aliphatic rings. The van der Waals surface area contributed by atoms with Crippen LogP contribution in [-0.2, 0) is 9.84 Å². The lowest BCUT2D eigenvalue weighted by Crippen LogP contribution is -2.20. The van der Waals surface area contributed by atoms with Gasteiger partial charge < -0.3 is 0 Å². The van der Waals surface area contributed by atoms with Crippen LogP contribution in [0.1, 0.15) is 0 Å². The first-order valence-corrected chi connectivity index (χ1v) is 11.3. The van der Waals surface area contributed by atoms with E-state index in [9.17, 15) is 8.42 Å². The molecule has 84 valence electrons. The molecule has 0 heterocycles. The second-order valence-corrected chi connectivity index (χ2v) is 13.5. The number of thioether (sulfide) groups is 1. The van der Waals surface area contributed by atoms with Crippen molar-refractivity contribution in [2.45, 2.75) is 25.7 Å². The lowest BCUT2D eigenvalue weighted by Gasteiger charge is -2.14. The molecular formula is C9H20O2S2Si. The predicted molar refractivity (Wildman–Crippen MR) is 69.5 cm³/mol. The number of rotatable bonds is 6. The Balaban J connectivity index is 3.73. The molecule has 0 bridgehead atoms. The molecule has 0 aromatic carbocycles. The van der Waals surface area contributed by atoms with Gasteiger partial charge in [0.15, 0.2) is 9.84 Å². The van der Waals surface area contributed by atoms with Gasteiger partial charge in [-0.2, -0.15) is 11.8 Å². The van der Waals surface area contributed by atoms with Crippen LogP contribution in [0.4, 0.5) is 0 Å². The van der Waals surface area contributed by atoms with E-state index in [2.05, 4.69) is 26.2 Å². The Bertz CT molecular complexity index is 288. The molecule has 0 atom stereocenters. The average Bonchev–Trinajstić information content (AvgIpc) is 1.93. The van der Waals surface area contributed by atoms with Gasteiger partial charge in [-0.1, -0.05) is 26.2 Å². The van der Waals surface area contributed by atoms with Gasteiger partial charge >= 0.3 is 0 Å². The lowest BCUT2D eigenvalue weighted by atomic mass is 10.7. The Hall–Kier alpha value is 0.257. The summed E-state index contributed by atoms with van der Waals surface area (Å²) in [5.41, 5.74) is 0. The van der Waals surface area contributed by atoms with Crippen LogP contribution in [0.5, 0.6) is 0 Å². The summed E-state index contributed by atoms with van der Waals surface area (Å²) in [6.07, 6.45) is 1.22. The Morgan fingerprint density at radius 2 is 1.86 bits per heavy atom. The van der Waals surface area contributed by atoms with Gasteiger partial charge in [0.25, 0.3) is 0 Å². The maximum Gasteiger partial charge on any atom is 0.171 e. The molecule has 0 saturated heterocycles. The fraction of sp³-hybridized carbons (Fsp3) is 0.778. The van der Waals surface area contributed by atoms with Crippen molar-refractivity contribution < 1.29 is 8.42 Å². The maximum atomic E-state index is 11.0. The van der Waals surface area contributed by atoms with Gasteiger partial charge in [-0.3, -0.25) is 0 Å². The maximum absolute atomic E-state index is 11.0. The van der Waals surface area contributed by atoms with Crippen molar-refractivity contribution in [3.63, 3.8) is 0 Å². The summed E-state index contributed by atoms with van der Waals surface area (Å²) in [5, 5.41) is 0. The Labute approximate surface area is 93.1 Å². The molecule has 0 amide bonds. The second-order valence-electron chi connectivity index (χ2n) is 4.67. The zero-order valence-corrected chi connectivity index (χ0v) is 12.1. The smallest absolute Gasteiger partial charge is 0.171 e. The molecule has 2 nitrogen and oxygen atoms in total. The third kappa shape index (κ3) is 7.64. The molecule has 5 heteroatoms. The van der Waals surface area contributed by atoms with E-state index in [1.54, 1.807) is 11.8 Å². The van der Waals surface area contributed by atoms with Crippen molar-refractivity contribution in [3.8, 4) is 0 Å². The van der Waals surface area contributed by atoms with Gasteiger partial charge in [-0.25, -0.2) is 8.42 Å². The highest BCUT2D eigenvalue weighted by Crippen LogP contribution is 2.16. The molecule has 0 aliphatic carbocycles. The van der Waals surface area contributed by atoms with E-state index in [1.807, 2.05) is 0 Å². The van der Waals surface area contributed by atoms with E-state index >= 15 is 0 Å². The largest absolute Gasteiger partial charge is 0.224 e. The first-order chi connectivity index (χ1) is 6.13. The van der Waals surface area contributed by atoms with E-state index < -0.39 is 17.9 Å². The third-order valence-corrected chi connectivity index (χ3v) is 6.32. The molecule has 0 aliphatic heterocycles. The van der Waals surface area contributed by atoms with Crippen LogP contribution in [0.25, 0.3) is 0 Å². The highest BCUT2D eigenvalue weighted by molar-refractivity contribution is 8.02. The predicted octanol–water partition coefficient (Wildman–Crippen LogP) is 2.62. The standard InChI is InChI=1S/C9H20O2S2Si/c1-9(13(2,10)11)8-12-6-7-14(3,4)5/h1,6-8H2,2-5H3. The fourth-order valence-electron chi connectivity index (χ4n) is 0.671. The van der Waals surface area contributed by atoms with E-state index in [-0.39, 0.29) is 0 Å². The summed E-state index contributed by atoms with van der Waals surface area (Å²) in [6.45, 7) is 10.5. The van der Waals surface area contributed by atoms with E-state index in [0.29, 0.717) is 10.7 Å². The summed E-state index contributed by atoms with van der Waals surface area (Å²) in [4.78, 5) is 0.345. The van der Waals surface area contributed by atoms with Gasteiger partial charge in [-0.05, 0) is 11.8 Å². The molecule has 14 heavy (non-hydrogen) atoms. The first kappa shape index (κ1) is 14.3. The topological polar surface area (TPSA) is 34.1 Å². The molecule has 0 saturated carbocycles. The van der Waals surface area contributed by atoms with E-state index in [4.69, 9.17) is 0 Å². The molecule has 0 spiro atoms. The monoisotopic (exact) mass is 252 g/mol. The highest BCUT2D eigenvalue weighted by Gasteiger charge is 2.13. The molecule has 0 fully saturated rings. The minimum absolute atomic E-state index is 0.345. The van der Waals surface area contributed by atoms with Crippen LogP contribution in [0.3, 0.4) is 0 Å². The fourth-order valence-corrected chi connectivity index (χ4v) is 5.18. The van der Waals surface area contributed by atoms with Crippen molar-refractivity contribution in [2.24, 2.45) is 0 Å². The van der Waals surface area contributed by atoms with Crippen LogP contribution in [0, 0.1) is 0 Å². The minimum atomic E-state index is -3.02. The summed E-state index contributed by atoms with van der Waals surface area (Å²) in [6, 6.07) is 1.23. The lowest BCUT2D eigenvalue weighted by molar-refractivity contribution is 0.608. The average molecular weight is 252 g/mol. The first-order valence-electron chi connectivity index (χ1n) is 4.58. The van der Waals surface area contributed by atoms with Gasteiger partial charge in [0.1, 0.15) is 0 Å². The molecule has 0 radical (unpaired) electrons. The van der Waals surface area contributed by atoms with E-state index in [1.165, 1.54) is 12.3 Å². The van der Waals surface area contributed by atoms with E-state index in [0.717, 1.165) is 5.75 Å². The molecule has 0 aromatic heterocycles. The molecule has 0 unspecified atom stereocenters. The van der Waals surface area contributed by atoms with Crippen molar-refractivity contribution in [1.82, 2.24) is 0 Å². The van der Waals surface area contributed by atoms with Crippen LogP contribution in [-0.4, -0.2) is 34.3 Å². The quantitative estimate of drug-likeness (QED) is 0.538. The van der Waals surface area contributed by atoms with Gasteiger partial charge in [0, 0.05) is 25.0 Å². The van der Waals surface area contributed by atoms with Crippen LogP contribution in [0.15, 0.2) is 11.5 Å². The highest BCUT2D eigenvalue weighted by atomic mass is 32.2. The number of hydrogen-bond donors (Lipinski definition) is 0. The Morgan fingerprint density at radius 1 is 1.36 bits per heavy atom. The molecule has 0 aromatic rings. The van der Waals surface area contributed by atoms with Crippen LogP contribution in [0.2, 0.25) is 25.7 Å². The van der Waals surface area contributed by atoms with Gasteiger partial charge in [0.2, 0.25) is 0 Å². The van der Waals surface area contributed by atoms with Gasteiger partial charge in [-0.15, -0.1) is 0 Å². The zero-order chi connectivity index (χ0) is 11.4. The summed E-state index contributed by atoms with van der Waals surface area (Å²) in [5.74, 6) is 1.59. The second kappa shape index (κ2) is 5.37. The summed E-state index contributed by atoms with van der Waals surface area (Å²) >= 11 is 1.67. The number of sulfone groups is 1. The Morgan fingerprint density at radius 3 is 2.21 bits per heavy atom. The zero-order valence-electron chi connectivity index (χ0n) is 9.46. The molecule has 0 N–H and O–H groups in total. The van der Waals surface area contributed by atoms with Crippen molar-refractivity contribution in [1.29, 1.82) is 0 Å².